The van der Waals surface area contributed by atoms with E-state index in [2.05, 4.69) is 5.32 Å². The van der Waals surface area contributed by atoms with Gasteiger partial charge in [-0.15, -0.1) is 0 Å². The number of nitrogens with one attached hydrogen (secondary N) is 1. The zero-order chi connectivity index (χ0) is 15.8. The number of hydrogen-bond acceptors (Lipinski definition) is 3. The summed E-state index contributed by atoms with van der Waals surface area (Å²) in [4.78, 5) is 22.8. The molecule has 0 aliphatic heterocycles. The Bertz CT molecular complexity index is 523. The van der Waals surface area contributed by atoms with E-state index < -0.39 is 17.9 Å². The van der Waals surface area contributed by atoms with E-state index in [0.29, 0.717) is 12.2 Å². The Labute approximate surface area is 124 Å². The predicted molar refractivity (Wildman–Crippen MR) is 81.0 cm³/mol. The van der Waals surface area contributed by atoms with Gasteiger partial charge in [-0.2, -0.15) is 0 Å². The smallest absolute Gasteiger partial charge is 0.326 e. The van der Waals surface area contributed by atoms with Crippen LogP contribution in [0.2, 0.25) is 0 Å². The lowest BCUT2D eigenvalue weighted by Crippen LogP contribution is -2.40. The Morgan fingerprint density at radius 1 is 1.38 bits per heavy atom. The summed E-state index contributed by atoms with van der Waals surface area (Å²) < 4.78 is 5.09. The SMILES string of the molecule is COc1cccc(/C=C/C(=O)NC(CC(C)C)C(=O)O)c1. The minimum Gasteiger partial charge on any atom is -0.497 e. The van der Waals surface area contributed by atoms with Crippen molar-refractivity contribution in [3.05, 3.63) is 35.9 Å². The highest BCUT2D eigenvalue weighted by atomic mass is 16.5. The van der Waals surface area contributed by atoms with Gasteiger partial charge in [0.2, 0.25) is 5.91 Å². The molecule has 1 atom stereocenters. The van der Waals surface area contributed by atoms with Crippen molar-refractivity contribution in [1.29, 1.82) is 0 Å². The highest BCUT2D eigenvalue weighted by Gasteiger charge is 2.19. The zero-order valence-electron chi connectivity index (χ0n) is 12.5. The topological polar surface area (TPSA) is 75.6 Å². The molecule has 0 radical (unpaired) electrons. The third-order valence-electron chi connectivity index (χ3n) is 2.84. The van der Waals surface area contributed by atoms with Crippen LogP contribution in [0.5, 0.6) is 5.75 Å². The summed E-state index contributed by atoms with van der Waals surface area (Å²) in [7, 11) is 1.57. The van der Waals surface area contributed by atoms with E-state index in [9.17, 15) is 9.59 Å². The Balaban J connectivity index is 2.66. The van der Waals surface area contributed by atoms with Crippen LogP contribution in [0, 0.1) is 5.92 Å². The lowest BCUT2D eigenvalue weighted by Gasteiger charge is -2.15. The number of hydrogen-bond donors (Lipinski definition) is 2. The normalized spacial score (nSPS) is 12.4. The second kappa shape index (κ2) is 8.09. The van der Waals surface area contributed by atoms with Crippen LogP contribution < -0.4 is 10.1 Å². The summed E-state index contributed by atoms with van der Waals surface area (Å²) in [5.41, 5.74) is 0.806. The second-order valence-corrected chi connectivity index (χ2v) is 5.14. The fourth-order valence-corrected chi connectivity index (χ4v) is 1.83. The minimum atomic E-state index is -1.02. The molecule has 5 heteroatoms. The number of carboxylic acids is 1. The molecule has 0 aromatic heterocycles. The van der Waals surface area contributed by atoms with Gasteiger partial charge in [0, 0.05) is 6.08 Å². The minimum absolute atomic E-state index is 0.189. The number of benzene rings is 1. The van der Waals surface area contributed by atoms with Crippen LogP contribution in [0.3, 0.4) is 0 Å². The molecular formula is C16H21NO4. The van der Waals surface area contributed by atoms with E-state index in [1.54, 1.807) is 25.3 Å². The van der Waals surface area contributed by atoms with Gasteiger partial charge in [-0.3, -0.25) is 4.79 Å². The summed E-state index contributed by atoms with van der Waals surface area (Å²) in [5, 5.41) is 11.6. The van der Waals surface area contributed by atoms with Gasteiger partial charge < -0.3 is 15.2 Å². The predicted octanol–water partition coefficient (Wildman–Crippen LogP) is 2.32. The van der Waals surface area contributed by atoms with Crippen LogP contribution in [0.4, 0.5) is 0 Å². The maximum Gasteiger partial charge on any atom is 0.326 e. The lowest BCUT2D eigenvalue weighted by atomic mass is 10.0. The summed E-state index contributed by atoms with van der Waals surface area (Å²) in [6.45, 7) is 3.82. The summed E-state index contributed by atoms with van der Waals surface area (Å²) in [6.07, 6.45) is 3.34. The van der Waals surface area contributed by atoms with Crippen molar-refractivity contribution < 1.29 is 19.4 Å². The summed E-state index contributed by atoms with van der Waals surface area (Å²) in [6, 6.07) is 6.37. The maximum absolute atomic E-state index is 11.8. The molecule has 1 rings (SSSR count). The highest BCUT2D eigenvalue weighted by Crippen LogP contribution is 2.13. The van der Waals surface area contributed by atoms with Crippen molar-refractivity contribution in [1.82, 2.24) is 5.32 Å². The van der Waals surface area contributed by atoms with Crippen molar-refractivity contribution in [3.63, 3.8) is 0 Å². The van der Waals surface area contributed by atoms with Crippen LogP contribution in [-0.2, 0) is 9.59 Å². The molecule has 21 heavy (non-hydrogen) atoms. The van der Waals surface area contributed by atoms with Crippen LogP contribution >= 0.6 is 0 Å². The number of amides is 1. The van der Waals surface area contributed by atoms with Crippen LogP contribution in [0.25, 0.3) is 6.08 Å². The average Bonchev–Trinajstić information content (AvgIpc) is 2.44. The van der Waals surface area contributed by atoms with E-state index in [-0.39, 0.29) is 5.92 Å². The third kappa shape index (κ3) is 6.12. The largest absolute Gasteiger partial charge is 0.497 e. The number of aliphatic carboxylic acids is 1. The molecule has 0 aliphatic rings. The number of rotatable bonds is 7. The first-order valence-corrected chi connectivity index (χ1v) is 6.77. The van der Waals surface area contributed by atoms with Gasteiger partial charge >= 0.3 is 5.97 Å². The van der Waals surface area contributed by atoms with Gasteiger partial charge in [-0.25, -0.2) is 4.79 Å². The van der Waals surface area contributed by atoms with E-state index in [1.807, 2.05) is 26.0 Å². The quantitative estimate of drug-likeness (QED) is 0.756. The van der Waals surface area contributed by atoms with E-state index >= 15 is 0 Å². The van der Waals surface area contributed by atoms with Gasteiger partial charge in [-0.1, -0.05) is 26.0 Å². The van der Waals surface area contributed by atoms with Gasteiger partial charge in [0.05, 0.1) is 7.11 Å². The molecule has 1 aromatic rings. The standard InChI is InChI=1S/C16H21NO4/c1-11(2)9-14(16(19)20)17-15(18)8-7-12-5-4-6-13(10-12)21-3/h4-8,10-11,14H,9H2,1-3H3,(H,17,18)(H,19,20)/b8-7+. The molecule has 1 unspecified atom stereocenters. The number of carbonyl (C=O) groups excluding carboxylic acids is 1. The Hall–Kier alpha value is -2.30. The molecule has 0 spiro atoms. The van der Waals surface area contributed by atoms with Crippen molar-refractivity contribution in [2.75, 3.05) is 7.11 Å². The molecule has 0 saturated carbocycles. The van der Waals surface area contributed by atoms with Crippen molar-refractivity contribution >= 4 is 18.0 Å². The molecule has 2 N–H and O–H groups in total. The number of carboxylic acid groups (broad SMARTS) is 1. The molecule has 1 aromatic carbocycles. The van der Waals surface area contributed by atoms with Gasteiger partial charge in [-0.05, 0) is 36.1 Å². The highest BCUT2D eigenvalue weighted by molar-refractivity contribution is 5.94. The van der Waals surface area contributed by atoms with Crippen LogP contribution in [0.1, 0.15) is 25.8 Å². The molecule has 0 heterocycles. The molecular weight excluding hydrogens is 270 g/mol. The van der Waals surface area contributed by atoms with Crippen LogP contribution in [0.15, 0.2) is 30.3 Å². The molecule has 0 bridgehead atoms. The first kappa shape index (κ1) is 16.8. The zero-order valence-corrected chi connectivity index (χ0v) is 12.5. The fourth-order valence-electron chi connectivity index (χ4n) is 1.83. The first-order chi connectivity index (χ1) is 9.92. The van der Waals surface area contributed by atoms with E-state index in [1.165, 1.54) is 6.08 Å². The second-order valence-electron chi connectivity index (χ2n) is 5.14. The Morgan fingerprint density at radius 3 is 2.67 bits per heavy atom. The summed E-state index contributed by atoms with van der Waals surface area (Å²) >= 11 is 0. The average molecular weight is 291 g/mol. The third-order valence-corrected chi connectivity index (χ3v) is 2.84. The van der Waals surface area contributed by atoms with Crippen molar-refractivity contribution in [2.45, 2.75) is 26.3 Å². The molecule has 1 amide bonds. The molecule has 0 saturated heterocycles. The summed E-state index contributed by atoms with van der Waals surface area (Å²) in [5.74, 6) is -0.563. The van der Waals surface area contributed by atoms with Gasteiger partial charge in [0.15, 0.2) is 0 Å². The first-order valence-electron chi connectivity index (χ1n) is 6.77. The van der Waals surface area contributed by atoms with Crippen molar-refractivity contribution in [2.24, 2.45) is 5.92 Å². The van der Waals surface area contributed by atoms with Gasteiger partial charge in [0.1, 0.15) is 11.8 Å². The van der Waals surface area contributed by atoms with E-state index in [4.69, 9.17) is 9.84 Å². The molecule has 0 aliphatic carbocycles. The molecule has 5 nitrogen and oxygen atoms in total. The monoisotopic (exact) mass is 291 g/mol. The Morgan fingerprint density at radius 2 is 2.10 bits per heavy atom. The van der Waals surface area contributed by atoms with Gasteiger partial charge in [0.25, 0.3) is 0 Å². The number of ether oxygens (including phenoxy) is 1. The molecule has 0 fully saturated rings. The van der Waals surface area contributed by atoms with E-state index in [0.717, 1.165) is 5.56 Å². The lowest BCUT2D eigenvalue weighted by molar-refractivity contribution is -0.141. The van der Waals surface area contributed by atoms with Crippen molar-refractivity contribution in [3.8, 4) is 5.75 Å². The number of methoxy groups -OCH3 is 1. The Kier molecular flexibility index (Phi) is 6.46. The maximum atomic E-state index is 11.8. The molecule has 114 valence electrons. The van der Waals surface area contributed by atoms with Crippen LogP contribution in [-0.4, -0.2) is 30.1 Å². The fraction of sp³-hybridized carbons (Fsp3) is 0.375. The number of carbonyl (C=O) groups is 2.